The normalized spacial score (nSPS) is 9.75. The molecule has 0 bridgehead atoms. The molecule has 0 aliphatic carbocycles. The molecule has 1 N–H and O–H groups in total. The van der Waals surface area contributed by atoms with Gasteiger partial charge in [0.2, 0.25) is 0 Å². The highest BCUT2D eigenvalue weighted by molar-refractivity contribution is 7.99. The van der Waals surface area contributed by atoms with Crippen molar-refractivity contribution >= 4 is 11.8 Å². The topological polar surface area (TPSA) is 21.3 Å². The fraction of sp³-hybridized carbons (Fsp3) is 1.00. The molecule has 0 saturated heterocycles. The van der Waals surface area contributed by atoms with E-state index < -0.39 is 0 Å². The first-order chi connectivity index (χ1) is 3.91. The summed E-state index contributed by atoms with van der Waals surface area (Å²) in [5.74, 6) is 2.25. The van der Waals surface area contributed by atoms with E-state index in [9.17, 15) is 0 Å². The fourth-order valence-corrected chi connectivity index (χ4v) is 0.837. The lowest BCUT2D eigenvalue weighted by atomic mass is 10.9. The monoisotopic (exact) mass is 135 g/mol. The maximum Gasteiger partial charge on any atom is 0.0772 e. The van der Waals surface area contributed by atoms with Gasteiger partial charge in [0.1, 0.15) is 0 Å². The van der Waals surface area contributed by atoms with Gasteiger partial charge in [-0.05, 0) is 5.75 Å². The van der Waals surface area contributed by atoms with Crippen molar-refractivity contribution in [2.24, 2.45) is 0 Å². The number of rotatable bonds is 5. The maximum atomic E-state index is 4.86. The van der Waals surface area contributed by atoms with Crippen molar-refractivity contribution in [3.8, 4) is 0 Å². The SMILES string of the molecule is CCSCCONC. The van der Waals surface area contributed by atoms with E-state index in [4.69, 9.17) is 4.84 Å². The lowest BCUT2D eigenvalue weighted by molar-refractivity contribution is 0.0708. The Hall–Kier alpha value is 0.270. The Bertz CT molecular complexity index is 37.4. The molecule has 8 heavy (non-hydrogen) atoms. The van der Waals surface area contributed by atoms with Crippen LogP contribution in [0.5, 0.6) is 0 Å². The fourth-order valence-electron chi connectivity index (χ4n) is 0.347. The van der Waals surface area contributed by atoms with E-state index in [0.717, 1.165) is 12.4 Å². The molecule has 0 unspecified atom stereocenters. The zero-order chi connectivity index (χ0) is 6.24. The van der Waals surface area contributed by atoms with Crippen LogP contribution in [-0.2, 0) is 4.84 Å². The molecule has 0 amide bonds. The predicted molar refractivity (Wildman–Crippen MR) is 38.0 cm³/mol. The number of hydrogen-bond donors (Lipinski definition) is 1. The van der Waals surface area contributed by atoms with Gasteiger partial charge in [0.25, 0.3) is 0 Å². The minimum atomic E-state index is 0.801. The van der Waals surface area contributed by atoms with Gasteiger partial charge in [-0.15, -0.1) is 0 Å². The molecule has 0 aromatic carbocycles. The third-order valence-electron chi connectivity index (χ3n) is 0.678. The lowest BCUT2D eigenvalue weighted by Crippen LogP contribution is -2.09. The smallest absolute Gasteiger partial charge is 0.0772 e. The van der Waals surface area contributed by atoms with Gasteiger partial charge < -0.3 is 4.84 Å². The highest BCUT2D eigenvalue weighted by atomic mass is 32.2. The molecule has 0 radical (unpaired) electrons. The predicted octanol–water partition coefficient (Wildman–Crippen LogP) is 0.890. The third-order valence-corrected chi connectivity index (χ3v) is 1.54. The minimum absolute atomic E-state index is 0.801. The lowest BCUT2D eigenvalue weighted by Gasteiger charge is -1.97. The second-order valence-electron chi connectivity index (χ2n) is 1.25. The van der Waals surface area contributed by atoms with Crippen molar-refractivity contribution in [2.45, 2.75) is 6.92 Å². The van der Waals surface area contributed by atoms with Crippen molar-refractivity contribution in [1.82, 2.24) is 5.48 Å². The Labute approximate surface area is 54.9 Å². The zero-order valence-corrected chi connectivity index (χ0v) is 6.25. The molecule has 0 aliphatic rings. The summed E-state index contributed by atoms with van der Waals surface area (Å²) in [4.78, 5) is 4.86. The van der Waals surface area contributed by atoms with Crippen molar-refractivity contribution < 1.29 is 4.84 Å². The Morgan fingerprint density at radius 2 is 2.38 bits per heavy atom. The van der Waals surface area contributed by atoms with E-state index in [-0.39, 0.29) is 0 Å². The summed E-state index contributed by atoms with van der Waals surface area (Å²) < 4.78 is 0. The molecule has 0 rings (SSSR count). The molecule has 0 atom stereocenters. The van der Waals surface area contributed by atoms with Gasteiger partial charge in [0.05, 0.1) is 6.61 Å². The van der Waals surface area contributed by atoms with E-state index in [1.165, 1.54) is 5.75 Å². The van der Waals surface area contributed by atoms with Crippen molar-refractivity contribution in [2.75, 3.05) is 25.2 Å². The average molecular weight is 135 g/mol. The third kappa shape index (κ3) is 6.27. The van der Waals surface area contributed by atoms with Crippen LogP contribution >= 0.6 is 11.8 Å². The number of hydrogen-bond acceptors (Lipinski definition) is 3. The van der Waals surface area contributed by atoms with Crippen LogP contribution in [0.4, 0.5) is 0 Å². The average Bonchev–Trinajstić information content (AvgIpc) is 1.81. The van der Waals surface area contributed by atoms with Crippen LogP contribution in [0.1, 0.15) is 6.92 Å². The van der Waals surface area contributed by atoms with Gasteiger partial charge in [0.15, 0.2) is 0 Å². The summed E-state index contributed by atoms with van der Waals surface area (Å²) >= 11 is 1.88. The van der Waals surface area contributed by atoms with Crippen molar-refractivity contribution in [3.05, 3.63) is 0 Å². The van der Waals surface area contributed by atoms with Gasteiger partial charge in [-0.25, -0.2) is 5.48 Å². The number of thioether (sulfide) groups is 1. The standard InChI is InChI=1S/C5H13NOS/c1-3-8-5-4-7-6-2/h6H,3-5H2,1-2H3. The Kier molecular flexibility index (Phi) is 7.52. The molecule has 0 heterocycles. The maximum absolute atomic E-state index is 4.86. The molecule has 0 aromatic rings. The minimum Gasteiger partial charge on any atom is -0.301 e. The van der Waals surface area contributed by atoms with E-state index in [1.807, 2.05) is 11.8 Å². The van der Waals surface area contributed by atoms with Crippen LogP contribution in [0.15, 0.2) is 0 Å². The van der Waals surface area contributed by atoms with Gasteiger partial charge in [-0.3, -0.25) is 0 Å². The van der Waals surface area contributed by atoms with E-state index in [2.05, 4.69) is 12.4 Å². The van der Waals surface area contributed by atoms with Crippen LogP contribution in [0.2, 0.25) is 0 Å². The second kappa shape index (κ2) is 7.27. The summed E-state index contributed by atoms with van der Waals surface area (Å²) in [5.41, 5.74) is 2.61. The van der Waals surface area contributed by atoms with Crippen LogP contribution < -0.4 is 5.48 Å². The first kappa shape index (κ1) is 8.27. The molecule has 0 aromatic heterocycles. The molecule has 0 aliphatic heterocycles. The number of hydroxylamine groups is 1. The summed E-state index contributed by atoms with van der Waals surface area (Å²) in [5, 5.41) is 0. The number of nitrogens with one attached hydrogen (secondary N) is 1. The highest BCUT2D eigenvalue weighted by Gasteiger charge is 1.82. The largest absolute Gasteiger partial charge is 0.301 e. The quantitative estimate of drug-likeness (QED) is 0.447. The van der Waals surface area contributed by atoms with Gasteiger partial charge in [-0.1, -0.05) is 6.92 Å². The molecule has 2 nitrogen and oxygen atoms in total. The molecular formula is C5H13NOS. The first-order valence-electron chi connectivity index (χ1n) is 2.78. The first-order valence-corrected chi connectivity index (χ1v) is 3.93. The molecule has 3 heteroatoms. The van der Waals surface area contributed by atoms with Crippen molar-refractivity contribution in [1.29, 1.82) is 0 Å². The van der Waals surface area contributed by atoms with Crippen molar-refractivity contribution in [3.63, 3.8) is 0 Å². The zero-order valence-electron chi connectivity index (χ0n) is 5.44. The molecule has 0 saturated carbocycles. The molecular weight excluding hydrogens is 122 g/mol. The molecule has 0 spiro atoms. The van der Waals surface area contributed by atoms with Gasteiger partial charge >= 0.3 is 0 Å². The Morgan fingerprint density at radius 1 is 1.62 bits per heavy atom. The Morgan fingerprint density at radius 3 is 2.88 bits per heavy atom. The molecule has 0 fully saturated rings. The summed E-state index contributed by atoms with van der Waals surface area (Å²) in [7, 11) is 1.77. The Balaban J connectivity index is 2.53. The van der Waals surface area contributed by atoms with Crippen LogP contribution in [0.3, 0.4) is 0 Å². The van der Waals surface area contributed by atoms with E-state index in [1.54, 1.807) is 7.05 Å². The van der Waals surface area contributed by atoms with Gasteiger partial charge in [0, 0.05) is 12.8 Å². The van der Waals surface area contributed by atoms with E-state index >= 15 is 0 Å². The van der Waals surface area contributed by atoms with Crippen LogP contribution in [0.25, 0.3) is 0 Å². The van der Waals surface area contributed by atoms with Crippen LogP contribution in [-0.4, -0.2) is 25.2 Å². The summed E-state index contributed by atoms with van der Waals surface area (Å²) in [6, 6.07) is 0. The molecule has 50 valence electrons. The second-order valence-corrected chi connectivity index (χ2v) is 2.64. The van der Waals surface area contributed by atoms with Gasteiger partial charge in [-0.2, -0.15) is 11.8 Å². The van der Waals surface area contributed by atoms with Crippen LogP contribution in [0, 0.1) is 0 Å². The highest BCUT2D eigenvalue weighted by Crippen LogP contribution is 1.95. The summed E-state index contributed by atoms with van der Waals surface area (Å²) in [6.45, 7) is 2.94. The summed E-state index contributed by atoms with van der Waals surface area (Å²) in [6.07, 6.45) is 0. The van der Waals surface area contributed by atoms with E-state index in [0.29, 0.717) is 0 Å².